The molecule has 46 heavy (non-hydrogen) atoms. The minimum atomic E-state index is -0.575. The number of nitrogens with zero attached hydrogens (tertiary/aromatic N) is 2. The van der Waals surface area contributed by atoms with Crippen LogP contribution in [0.1, 0.15) is 116 Å². The third-order valence-corrected chi connectivity index (χ3v) is 13.5. The van der Waals surface area contributed by atoms with Crippen LogP contribution in [0.5, 0.6) is 0 Å². The molecule has 0 radical (unpaired) electrons. The topological polar surface area (TPSA) is 95.5 Å². The average Bonchev–Trinajstić information content (AvgIpc) is 2.98. The van der Waals surface area contributed by atoms with Crippen LogP contribution in [-0.4, -0.2) is 27.7 Å². The maximum atomic E-state index is 13.9. The molecule has 0 saturated heterocycles. The van der Waals surface area contributed by atoms with Crippen LogP contribution in [0, 0.1) is 53.8 Å². The Morgan fingerprint density at radius 3 is 2.24 bits per heavy atom. The zero-order valence-electron chi connectivity index (χ0n) is 29.4. The normalized spacial score (nSPS) is 36.7. The molecule has 0 aromatic carbocycles. The number of aromatic nitrogens is 2. The molecule has 5 aliphatic carbocycles. The fraction of sp³-hybridized carbons (Fsp3) is 0.615. The Hall–Kier alpha value is -3.35. The molecule has 7 nitrogen and oxygen atoms in total. The highest BCUT2D eigenvalue weighted by atomic mass is 16.5. The lowest BCUT2D eigenvalue weighted by Crippen LogP contribution is -2.62. The summed E-state index contributed by atoms with van der Waals surface area (Å²) in [5.74, 6) is -0.381. The molecule has 1 aromatic rings. The van der Waals surface area contributed by atoms with Crippen LogP contribution >= 0.6 is 0 Å². The molecular weight excluding hydrogens is 576 g/mol. The van der Waals surface area contributed by atoms with Crippen LogP contribution in [0.25, 0.3) is 0 Å². The molecule has 0 spiro atoms. The molecule has 0 N–H and O–H groups in total. The van der Waals surface area contributed by atoms with E-state index in [0.29, 0.717) is 5.92 Å². The van der Waals surface area contributed by atoms with Gasteiger partial charge in [-0.05, 0) is 119 Å². The van der Waals surface area contributed by atoms with Gasteiger partial charge in [0.15, 0.2) is 5.76 Å². The Labute approximate surface area is 274 Å². The highest BCUT2D eigenvalue weighted by Crippen LogP contribution is 2.75. The number of hydrogen-bond acceptors (Lipinski definition) is 7. The van der Waals surface area contributed by atoms with Crippen molar-refractivity contribution in [2.45, 2.75) is 121 Å². The van der Waals surface area contributed by atoms with Gasteiger partial charge in [-0.25, -0.2) is 0 Å². The predicted molar refractivity (Wildman–Crippen MR) is 176 cm³/mol. The van der Waals surface area contributed by atoms with Crippen LogP contribution in [0.4, 0.5) is 0 Å². The summed E-state index contributed by atoms with van der Waals surface area (Å²) in [4.78, 5) is 48.2. The zero-order chi connectivity index (χ0) is 33.6. The predicted octanol–water partition coefficient (Wildman–Crippen LogP) is 8.08. The fourth-order valence-corrected chi connectivity index (χ4v) is 10.1. The zero-order valence-corrected chi connectivity index (χ0v) is 29.4. The molecule has 0 aliphatic heterocycles. The molecule has 7 heteroatoms. The summed E-state index contributed by atoms with van der Waals surface area (Å²) in [6, 6.07) is 0. The Bertz CT molecular complexity index is 1700. The van der Waals surface area contributed by atoms with E-state index < -0.39 is 11.4 Å². The number of ketones is 1. The third kappa shape index (κ3) is 4.62. The summed E-state index contributed by atoms with van der Waals surface area (Å²) >= 11 is 0. The van der Waals surface area contributed by atoms with Gasteiger partial charge in [-0.3, -0.25) is 24.4 Å². The van der Waals surface area contributed by atoms with Crippen molar-refractivity contribution in [2.24, 2.45) is 33.0 Å². The smallest absolute Gasteiger partial charge is 0.312 e. The molecular formula is C39H50N2O5. The number of aryl methyl sites for hydroxylation is 3. The van der Waals surface area contributed by atoms with E-state index >= 15 is 0 Å². The van der Waals surface area contributed by atoms with Crippen molar-refractivity contribution in [2.75, 3.05) is 0 Å². The second-order valence-electron chi connectivity index (χ2n) is 16.2. The molecule has 3 saturated carbocycles. The van der Waals surface area contributed by atoms with Gasteiger partial charge in [-0.15, -0.1) is 0 Å². The minimum Gasteiger partial charge on any atom is -0.459 e. The molecule has 0 unspecified atom stereocenters. The quantitative estimate of drug-likeness (QED) is 0.312. The summed E-state index contributed by atoms with van der Waals surface area (Å²) in [6.07, 6.45) is 12.9. The summed E-state index contributed by atoms with van der Waals surface area (Å²) in [7, 11) is 0. The number of carbonyl (C=O) groups excluding carboxylic acids is 3. The number of carbonyl (C=O) groups is 3. The fourth-order valence-electron chi connectivity index (χ4n) is 10.1. The van der Waals surface area contributed by atoms with Crippen LogP contribution in [0.15, 0.2) is 46.3 Å². The monoisotopic (exact) mass is 626 g/mol. The van der Waals surface area contributed by atoms with E-state index in [9.17, 15) is 14.4 Å². The van der Waals surface area contributed by atoms with Gasteiger partial charge in [0.05, 0.1) is 28.2 Å². The van der Waals surface area contributed by atoms with E-state index in [-0.39, 0.29) is 45.8 Å². The van der Waals surface area contributed by atoms with Gasteiger partial charge in [0, 0.05) is 17.9 Å². The molecule has 6 rings (SSSR count). The maximum Gasteiger partial charge on any atom is 0.312 e. The number of ether oxygens (including phenoxy) is 2. The number of esters is 2. The number of rotatable bonds is 4. The van der Waals surface area contributed by atoms with Crippen LogP contribution in [0.3, 0.4) is 0 Å². The largest absolute Gasteiger partial charge is 0.459 e. The lowest BCUT2D eigenvalue weighted by atomic mass is 9.34. The first-order valence-corrected chi connectivity index (χ1v) is 17.0. The average molecular weight is 627 g/mol. The van der Waals surface area contributed by atoms with Gasteiger partial charge in [0.2, 0.25) is 5.78 Å². The summed E-state index contributed by atoms with van der Waals surface area (Å²) < 4.78 is 11.4. The lowest BCUT2D eigenvalue weighted by Gasteiger charge is -2.70. The summed E-state index contributed by atoms with van der Waals surface area (Å²) in [5.41, 5.74) is 6.56. The van der Waals surface area contributed by atoms with Crippen LogP contribution in [-0.2, 0) is 30.5 Å². The molecule has 1 heterocycles. The number of fused-ring (bicyclic) bond motifs is 7. The third-order valence-electron chi connectivity index (χ3n) is 13.5. The second-order valence-corrected chi connectivity index (χ2v) is 16.2. The van der Waals surface area contributed by atoms with E-state index in [0.717, 1.165) is 84.4 Å². The van der Waals surface area contributed by atoms with Crippen molar-refractivity contribution < 1.29 is 23.9 Å². The number of hydrogen-bond donors (Lipinski definition) is 0. The molecule has 3 fully saturated rings. The first kappa shape index (κ1) is 32.6. The minimum absolute atomic E-state index is 0.0399. The Morgan fingerprint density at radius 1 is 0.870 bits per heavy atom. The van der Waals surface area contributed by atoms with Crippen molar-refractivity contribution in [3.05, 3.63) is 69.1 Å². The number of allylic oxidation sites excluding steroid dienone is 7. The van der Waals surface area contributed by atoms with Crippen molar-refractivity contribution in [1.29, 1.82) is 0 Å². The summed E-state index contributed by atoms with van der Waals surface area (Å²) in [5, 5.41) is 0. The van der Waals surface area contributed by atoms with Gasteiger partial charge in [-0.1, -0.05) is 45.4 Å². The van der Waals surface area contributed by atoms with Gasteiger partial charge in [0.25, 0.3) is 0 Å². The lowest BCUT2D eigenvalue weighted by molar-refractivity contribution is -0.183. The SMILES string of the molecule is CC(=O)OC1=C(C)C2=CC=C3[C@@](C)(CC[C@@]4(C)[C@@H]5C[C@](C)(C(=O)OCc6nc(C)c(C)nc6C)CC[C@]5(C)CC[C@]34C)C2=CC1=O. The molecule has 246 valence electrons. The van der Waals surface area contributed by atoms with Crippen LogP contribution in [0.2, 0.25) is 0 Å². The van der Waals surface area contributed by atoms with E-state index in [1.807, 2.05) is 27.7 Å². The first-order valence-electron chi connectivity index (χ1n) is 17.0. The Balaban J connectivity index is 1.32. The second kappa shape index (κ2) is 10.6. The summed E-state index contributed by atoms with van der Waals surface area (Å²) in [6.45, 7) is 20.9. The van der Waals surface area contributed by atoms with E-state index in [1.54, 1.807) is 6.08 Å². The van der Waals surface area contributed by atoms with Gasteiger partial charge in [0.1, 0.15) is 6.61 Å². The van der Waals surface area contributed by atoms with E-state index in [1.165, 1.54) is 12.5 Å². The first-order chi connectivity index (χ1) is 21.4. The van der Waals surface area contributed by atoms with E-state index in [4.69, 9.17) is 9.47 Å². The van der Waals surface area contributed by atoms with E-state index in [2.05, 4.69) is 56.7 Å². The molecule has 6 atom stereocenters. The molecule has 1 aromatic heterocycles. The van der Waals surface area contributed by atoms with Gasteiger partial charge < -0.3 is 9.47 Å². The van der Waals surface area contributed by atoms with Crippen molar-refractivity contribution in [3.8, 4) is 0 Å². The maximum absolute atomic E-state index is 13.9. The molecule has 0 bridgehead atoms. The highest BCUT2D eigenvalue weighted by molar-refractivity contribution is 6.08. The van der Waals surface area contributed by atoms with Crippen LogP contribution < -0.4 is 0 Å². The Kier molecular flexibility index (Phi) is 7.50. The van der Waals surface area contributed by atoms with Crippen molar-refractivity contribution in [3.63, 3.8) is 0 Å². The molecule has 5 aliphatic rings. The van der Waals surface area contributed by atoms with Gasteiger partial charge in [-0.2, -0.15) is 0 Å². The standard InChI is InChI=1S/C39H50N2O5/c1-22-27-11-12-31-37(8,28(27)19-30(43)33(22)46-26(5)42)16-18-39(10)32-20-36(7,14-13-35(32,6)15-17-38(31,39)9)34(44)45-21-29-25(4)40-23(2)24(3)41-29/h11-12,19,32H,13-18,20-21H2,1-10H3/t32-,35-,36-,37+,38-,39+/m1/s1. The van der Waals surface area contributed by atoms with Crippen molar-refractivity contribution >= 4 is 17.7 Å². The van der Waals surface area contributed by atoms with Crippen molar-refractivity contribution in [1.82, 2.24) is 9.97 Å². The van der Waals surface area contributed by atoms with Gasteiger partial charge >= 0.3 is 11.9 Å². The Morgan fingerprint density at radius 2 is 1.54 bits per heavy atom. The highest BCUT2D eigenvalue weighted by Gasteiger charge is 2.67. The molecule has 0 amide bonds.